The van der Waals surface area contributed by atoms with Crippen molar-refractivity contribution < 1.29 is 9.72 Å². The van der Waals surface area contributed by atoms with Gasteiger partial charge in [-0.15, -0.1) is 11.3 Å². The normalized spacial score (nSPS) is 16.0. The zero-order valence-electron chi connectivity index (χ0n) is 19.0. The van der Waals surface area contributed by atoms with Gasteiger partial charge >= 0.3 is 0 Å². The molecule has 0 spiro atoms. The molecule has 10 heteroatoms. The van der Waals surface area contributed by atoms with E-state index in [9.17, 15) is 19.7 Å². The van der Waals surface area contributed by atoms with E-state index in [0.717, 1.165) is 67.1 Å². The first-order valence-electron chi connectivity index (χ1n) is 11.7. The molecule has 1 N–H and O–H groups in total. The summed E-state index contributed by atoms with van der Waals surface area (Å²) in [7, 11) is 0. The van der Waals surface area contributed by atoms with Crippen LogP contribution in [0.25, 0.3) is 10.2 Å². The number of nitrogens with one attached hydrogen (secondary N) is 1. The lowest BCUT2D eigenvalue weighted by Crippen LogP contribution is -2.27. The van der Waals surface area contributed by atoms with Crippen LogP contribution in [0, 0.1) is 17.0 Å². The lowest BCUT2D eigenvalue weighted by atomic mass is 9.97. The van der Waals surface area contributed by atoms with Crippen molar-refractivity contribution in [3.8, 4) is 0 Å². The van der Waals surface area contributed by atoms with Crippen molar-refractivity contribution in [1.29, 1.82) is 0 Å². The summed E-state index contributed by atoms with van der Waals surface area (Å²) < 4.78 is 1.82. The van der Waals surface area contributed by atoms with Gasteiger partial charge in [0.1, 0.15) is 10.5 Å². The Morgan fingerprint density at radius 3 is 2.79 bits per heavy atom. The van der Waals surface area contributed by atoms with Crippen LogP contribution >= 0.6 is 23.1 Å². The van der Waals surface area contributed by atoms with Gasteiger partial charge in [0.25, 0.3) is 11.2 Å². The van der Waals surface area contributed by atoms with E-state index in [2.05, 4.69) is 5.32 Å². The third-order valence-electron chi connectivity index (χ3n) is 6.63. The van der Waals surface area contributed by atoms with E-state index in [1.54, 1.807) is 30.4 Å². The van der Waals surface area contributed by atoms with Gasteiger partial charge in [0.05, 0.1) is 16.1 Å². The van der Waals surface area contributed by atoms with E-state index in [4.69, 9.17) is 4.98 Å². The maximum atomic E-state index is 13.7. The number of aromatic nitrogens is 2. The summed E-state index contributed by atoms with van der Waals surface area (Å²) in [5, 5.41) is 15.4. The molecule has 0 bridgehead atoms. The molecular weight excluding hydrogens is 472 g/mol. The van der Waals surface area contributed by atoms with E-state index in [1.807, 2.05) is 4.57 Å². The number of carbonyl (C=O) groups excluding carboxylic acids is 1. The topological polar surface area (TPSA) is 107 Å². The average molecular weight is 499 g/mol. The van der Waals surface area contributed by atoms with Crippen molar-refractivity contribution in [3.63, 3.8) is 0 Å². The summed E-state index contributed by atoms with van der Waals surface area (Å²) in [6, 6.07) is 4.81. The highest BCUT2D eigenvalue weighted by atomic mass is 32.2. The summed E-state index contributed by atoms with van der Waals surface area (Å²) in [5.41, 5.74) is 1.98. The van der Waals surface area contributed by atoms with Gasteiger partial charge in [-0.2, -0.15) is 0 Å². The van der Waals surface area contributed by atoms with Crippen LogP contribution in [-0.4, -0.2) is 26.1 Å². The number of anilines is 1. The fourth-order valence-corrected chi connectivity index (χ4v) is 7.17. The van der Waals surface area contributed by atoms with Crippen molar-refractivity contribution in [1.82, 2.24) is 9.55 Å². The number of fused-ring (bicyclic) bond motifs is 3. The number of hydrogen-bond acceptors (Lipinski definition) is 7. The second-order valence-electron chi connectivity index (χ2n) is 9.01. The first-order valence-corrected chi connectivity index (χ1v) is 13.5. The standard InChI is InChI=1S/C24H26N4O4S2/c1-14-10-11-17(18(12-14)28(31)32)25-20(29)13-33-24-26-22-21(16-8-4-5-9-19(16)34-22)23(30)27(24)15-6-2-3-7-15/h10-12,15H,2-9,13H2,1H3,(H,25,29). The van der Waals surface area contributed by atoms with E-state index < -0.39 is 4.92 Å². The number of thioether (sulfide) groups is 1. The monoisotopic (exact) mass is 498 g/mol. The fraction of sp³-hybridized carbons (Fsp3) is 0.458. The van der Waals surface area contributed by atoms with Crippen molar-refractivity contribution >= 4 is 50.6 Å². The predicted octanol–water partition coefficient (Wildman–Crippen LogP) is 5.40. The summed E-state index contributed by atoms with van der Waals surface area (Å²) in [6.45, 7) is 1.76. The van der Waals surface area contributed by atoms with Crippen LogP contribution in [0.5, 0.6) is 0 Å². The Morgan fingerprint density at radius 2 is 2.03 bits per heavy atom. The Labute approximate surface area is 204 Å². The maximum absolute atomic E-state index is 13.7. The Kier molecular flexibility index (Phi) is 6.44. The predicted molar refractivity (Wildman–Crippen MR) is 135 cm³/mol. The first kappa shape index (κ1) is 23.0. The van der Waals surface area contributed by atoms with E-state index in [0.29, 0.717) is 5.16 Å². The van der Waals surface area contributed by atoms with Crippen molar-refractivity contribution in [3.05, 3.63) is 54.7 Å². The molecule has 1 fully saturated rings. The summed E-state index contributed by atoms with van der Waals surface area (Å²) in [4.78, 5) is 44.2. The van der Waals surface area contributed by atoms with Gasteiger partial charge in [-0.25, -0.2) is 4.98 Å². The summed E-state index contributed by atoms with van der Waals surface area (Å²) in [5.74, 6) is -0.351. The van der Waals surface area contributed by atoms with Crippen LogP contribution in [-0.2, 0) is 17.6 Å². The highest BCUT2D eigenvalue weighted by molar-refractivity contribution is 7.99. The molecule has 0 unspecified atom stereocenters. The van der Waals surface area contributed by atoms with Gasteiger partial charge in [0, 0.05) is 17.0 Å². The van der Waals surface area contributed by atoms with Crippen molar-refractivity contribution in [2.45, 2.75) is 69.5 Å². The van der Waals surface area contributed by atoms with E-state index in [1.165, 1.54) is 28.3 Å². The molecular formula is C24H26N4O4S2. The molecule has 0 aliphatic heterocycles. The molecule has 1 aromatic carbocycles. The van der Waals surface area contributed by atoms with Crippen molar-refractivity contribution in [2.24, 2.45) is 0 Å². The van der Waals surface area contributed by atoms with Crippen LogP contribution in [0.2, 0.25) is 0 Å². The molecule has 0 radical (unpaired) electrons. The minimum absolute atomic E-state index is 0.0147. The molecule has 2 aliphatic carbocycles. The van der Waals surface area contributed by atoms with Gasteiger partial charge < -0.3 is 5.32 Å². The molecule has 5 rings (SSSR count). The number of nitro groups is 1. The maximum Gasteiger partial charge on any atom is 0.293 e. The highest BCUT2D eigenvalue weighted by Gasteiger charge is 2.27. The largest absolute Gasteiger partial charge is 0.320 e. The first-order chi connectivity index (χ1) is 16.4. The zero-order chi connectivity index (χ0) is 23.8. The van der Waals surface area contributed by atoms with Crippen LogP contribution in [0.4, 0.5) is 11.4 Å². The van der Waals surface area contributed by atoms with Gasteiger partial charge in [-0.3, -0.25) is 24.3 Å². The van der Waals surface area contributed by atoms with Crippen molar-refractivity contribution in [2.75, 3.05) is 11.1 Å². The fourth-order valence-electron chi connectivity index (χ4n) is 5.00. The van der Waals surface area contributed by atoms with Gasteiger partial charge in [-0.1, -0.05) is 30.7 Å². The van der Waals surface area contributed by atoms with E-state index in [-0.39, 0.29) is 34.6 Å². The number of nitrogens with zero attached hydrogens (tertiary/aromatic N) is 3. The number of amides is 1. The number of rotatable bonds is 6. The lowest BCUT2D eigenvalue weighted by Gasteiger charge is -2.18. The van der Waals surface area contributed by atoms with Gasteiger partial charge in [-0.05, 0) is 62.6 Å². The molecule has 1 amide bonds. The quantitative estimate of drug-likeness (QED) is 0.211. The van der Waals surface area contributed by atoms with Gasteiger partial charge in [0.15, 0.2) is 5.16 Å². The Morgan fingerprint density at radius 1 is 1.26 bits per heavy atom. The van der Waals surface area contributed by atoms with Crippen LogP contribution in [0.15, 0.2) is 28.2 Å². The van der Waals surface area contributed by atoms with E-state index >= 15 is 0 Å². The number of hydrogen-bond donors (Lipinski definition) is 1. The molecule has 34 heavy (non-hydrogen) atoms. The average Bonchev–Trinajstić information content (AvgIpc) is 3.46. The Balaban J connectivity index is 1.44. The third kappa shape index (κ3) is 4.36. The third-order valence-corrected chi connectivity index (χ3v) is 8.77. The molecule has 3 aromatic rings. The van der Waals surface area contributed by atoms with Crippen LogP contribution < -0.4 is 10.9 Å². The smallest absolute Gasteiger partial charge is 0.293 e. The number of benzene rings is 1. The van der Waals surface area contributed by atoms with Gasteiger partial charge in [0.2, 0.25) is 5.91 Å². The molecule has 2 aromatic heterocycles. The molecule has 178 valence electrons. The second kappa shape index (κ2) is 9.50. The molecule has 8 nitrogen and oxygen atoms in total. The molecule has 2 aliphatic rings. The molecule has 2 heterocycles. The minimum Gasteiger partial charge on any atom is -0.320 e. The zero-order valence-corrected chi connectivity index (χ0v) is 20.6. The summed E-state index contributed by atoms with van der Waals surface area (Å²) in [6.07, 6.45) is 8.22. The van der Waals surface area contributed by atoms with Crippen LogP contribution in [0.3, 0.4) is 0 Å². The minimum atomic E-state index is -0.498. The summed E-state index contributed by atoms with van der Waals surface area (Å²) >= 11 is 2.84. The molecule has 1 saturated carbocycles. The second-order valence-corrected chi connectivity index (χ2v) is 11.0. The molecule has 0 saturated heterocycles. The number of thiophene rings is 1. The lowest BCUT2D eigenvalue weighted by molar-refractivity contribution is -0.384. The Bertz CT molecular complexity index is 1340. The number of carbonyl (C=O) groups is 1. The molecule has 0 atom stereocenters. The SMILES string of the molecule is Cc1ccc(NC(=O)CSc2nc3sc4c(c3c(=O)n2C2CCCC2)CCCC4)c([N+](=O)[O-])c1. The Hall–Kier alpha value is -2.72. The highest BCUT2D eigenvalue weighted by Crippen LogP contribution is 2.37. The number of aryl methyl sites for hydroxylation is 3. The number of nitro benzene ring substituents is 1. The van der Waals surface area contributed by atoms with Crippen LogP contribution in [0.1, 0.15) is 60.6 Å².